The molecule has 0 atom stereocenters. The number of para-hydroxylation sites is 4. The van der Waals surface area contributed by atoms with Gasteiger partial charge in [0.1, 0.15) is 0 Å². The Labute approximate surface area is 394 Å². The molecule has 0 bridgehead atoms. The topological polar surface area (TPSA) is 9.72 Å². The lowest BCUT2D eigenvalue weighted by Gasteiger charge is -2.31. The van der Waals surface area contributed by atoms with Crippen molar-refractivity contribution in [2.24, 2.45) is 0 Å². The van der Waals surface area contributed by atoms with E-state index < -0.39 is 0 Å². The van der Waals surface area contributed by atoms with E-state index in [2.05, 4.69) is 279 Å². The summed E-state index contributed by atoms with van der Waals surface area (Å²) in [7, 11) is 0. The van der Waals surface area contributed by atoms with Crippen molar-refractivity contribution in [2.75, 3.05) is 14.7 Å². The fourth-order valence-corrected chi connectivity index (χ4v) is 11.1. The first-order chi connectivity index (χ1) is 32.8. The minimum atomic E-state index is -0.253. The summed E-state index contributed by atoms with van der Waals surface area (Å²) in [4.78, 5) is 7.12. The van der Waals surface area contributed by atoms with Gasteiger partial charge in [-0.1, -0.05) is 149 Å². The standard InChI is InChI=1S/C64H51N3/c1-63(2)57-32-20-19-29-52(57)55-41-59-56(42-58(55)63)62-54-31-18-17-30-53(54)61(43-60(62)64(59,3)4)67(50-37-33-48(34-38-50)65(44-21-9-5-10-22-44)45-23-11-6-12-24-45)51-39-35-49(36-40-51)66(46-25-13-7-14-26-46)47-27-15-8-16-28-47/h5-43H,1-4H3. The van der Waals surface area contributed by atoms with Crippen LogP contribution in [0.25, 0.3) is 33.0 Å². The van der Waals surface area contributed by atoms with E-state index in [-0.39, 0.29) is 10.8 Å². The number of anilines is 9. The van der Waals surface area contributed by atoms with Gasteiger partial charge in [-0.15, -0.1) is 0 Å². The summed E-state index contributed by atoms with van der Waals surface area (Å²) < 4.78 is 0. The van der Waals surface area contributed by atoms with E-state index in [4.69, 9.17) is 0 Å². The zero-order chi connectivity index (χ0) is 45.3. The van der Waals surface area contributed by atoms with Gasteiger partial charge in [0.25, 0.3) is 0 Å². The van der Waals surface area contributed by atoms with Gasteiger partial charge in [0.2, 0.25) is 0 Å². The molecule has 3 heteroatoms. The van der Waals surface area contributed by atoms with Crippen molar-refractivity contribution in [3.63, 3.8) is 0 Å². The van der Waals surface area contributed by atoms with Crippen molar-refractivity contribution >= 4 is 62.0 Å². The molecule has 0 heterocycles. The molecule has 0 saturated heterocycles. The molecule has 0 radical (unpaired) electrons. The largest absolute Gasteiger partial charge is 0.311 e. The van der Waals surface area contributed by atoms with Gasteiger partial charge in [0.05, 0.1) is 5.69 Å². The van der Waals surface area contributed by atoms with Crippen LogP contribution in [0.1, 0.15) is 49.9 Å². The van der Waals surface area contributed by atoms with Crippen LogP contribution >= 0.6 is 0 Å². The van der Waals surface area contributed by atoms with Crippen molar-refractivity contribution in [3.8, 4) is 22.3 Å². The monoisotopic (exact) mass is 861 g/mol. The molecule has 0 spiro atoms. The van der Waals surface area contributed by atoms with E-state index in [0.29, 0.717) is 0 Å². The SMILES string of the molecule is CC1(C)c2ccccc2-c2cc3c(cc21)-c1c(cc(N(c2ccc(N(c4ccccc4)c4ccccc4)cc2)c2ccc(N(c4ccccc4)c4ccccc4)cc2)c2ccccc12)C3(C)C. The molecule has 0 unspecified atom stereocenters. The molecule has 3 nitrogen and oxygen atoms in total. The number of hydrogen-bond donors (Lipinski definition) is 0. The summed E-state index contributed by atoms with van der Waals surface area (Å²) in [6, 6.07) is 86.4. The molecule has 0 aliphatic heterocycles. The first-order valence-corrected chi connectivity index (χ1v) is 23.4. The average Bonchev–Trinajstić information content (AvgIpc) is 3.74. The number of hydrogen-bond acceptors (Lipinski definition) is 3. The van der Waals surface area contributed by atoms with Crippen molar-refractivity contribution < 1.29 is 0 Å². The van der Waals surface area contributed by atoms with Gasteiger partial charge >= 0.3 is 0 Å². The van der Waals surface area contributed by atoms with Gasteiger partial charge in [-0.2, -0.15) is 0 Å². The molecule has 2 aliphatic carbocycles. The third-order valence-electron chi connectivity index (χ3n) is 14.4. The third-order valence-corrected chi connectivity index (χ3v) is 14.4. The highest BCUT2D eigenvalue weighted by Crippen LogP contribution is 2.59. The Morgan fingerprint density at radius 2 is 0.597 bits per heavy atom. The lowest BCUT2D eigenvalue weighted by molar-refractivity contribution is 0.652. The highest BCUT2D eigenvalue weighted by atomic mass is 15.2. The van der Waals surface area contributed by atoms with Gasteiger partial charge in [-0.05, 0) is 165 Å². The molecule has 10 aromatic rings. The van der Waals surface area contributed by atoms with Gasteiger partial charge in [0, 0.05) is 61.7 Å². The second-order valence-electron chi connectivity index (χ2n) is 19.0. The average molecular weight is 862 g/mol. The molecule has 10 aromatic carbocycles. The minimum Gasteiger partial charge on any atom is -0.311 e. The lowest BCUT2D eigenvalue weighted by atomic mass is 9.79. The van der Waals surface area contributed by atoms with Crippen LogP contribution < -0.4 is 14.7 Å². The molecule has 2 aliphatic rings. The fraction of sp³-hybridized carbons (Fsp3) is 0.0938. The summed E-state index contributed by atoms with van der Waals surface area (Å²) >= 11 is 0. The Kier molecular flexibility index (Phi) is 9.51. The second-order valence-corrected chi connectivity index (χ2v) is 19.0. The lowest BCUT2D eigenvalue weighted by Crippen LogP contribution is -2.18. The quantitative estimate of drug-likeness (QED) is 0.143. The van der Waals surface area contributed by atoms with Crippen LogP contribution in [0.4, 0.5) is 51.2 Å². The zero-order valence-corrected chi connectivity index (χ0v) is 38.4. The van der Waals surface area contributed by atoms with Crippen LogP contribution in [0.5, 0.6) is 0 Å². The van der Waals surface area contributed by atoms with E-state index in [9.17, 15) is 0 Å². The molecule has 0 amide bonds. The molecule has 0 saturated carbocycles. The van der Waals surface area contributed by atoms with Crippen LogP contribution in [0.3, 0.4) is 0 Å². The van der Waals surface area contributed by atoms with Gasteiger partial charge in [-0.3, -0.25) is 0 Å². The smallest absolute Gasteiger partial charge is 0.0543 e. The normalized spacial score (nSPS) is 13.6. The highest BCUT2D eigenvalue weighted by Gasteiger charge is 2.43. The number of rotatable bonds is 9. The first kappa shape index (κ1) is 40.4. The van der Waals surface area contributed by atoms with E-state index in [1.165, 1.54) is 55.3 Å². The van der Waals surface area contributed by atoms with E-state index in [1.54, 1.807) is 0 Å². The van der Waals surface area contributed by atoms with Crippen molar-refractivity contribution in [1.82, 2.24) is 0 Å². The van der Waals surface area contributed by atoms with Crippen LogP contribution in [0.2, 0.25) is 0 Å². The van der Waals surface area contributed by atoms with E-state index >= 15 is 0 Å². The van der Waals surface area contributed by atoms with Crippen molar-refractivity contribution in [1.29, 1.82) is 0 Å². The number of fused-ring (bicyclic) bond motifs is 8. The number of benzene rings is 10. The van der Waals surface area contributed by atoms with Gasteiger partial charge in [-0.25, -0.2) is 0 Å². The molecule has 67 heavy (non-hydrogen) atoms. The molecule has 322 valence electrons. The maximum absolute atomic E-state index is 2.54. The Hall–Kier alpha value is -8.14. The third kappa shape index (κ3) is 6.56. The molecule has 12 rings (SSSR count). The minimum absolute atomic E-state index is 0.0913. The summed E-state index contributed by atoms with van der Waals surface area (Å²) in [5.74, 6) is 0. The maximum atomic E-state index is 2.54. The van der Waals surface area contributed by atoms with Crippen LogP contribution in [0, 0.1) is 0 Å². The Morgan fingerprint density at radius 3 is 1.07 bits per heavy atom. The highest BCUT2D eigenvalue weighted by molar-refractivity contribution is 6.10. The first-order valence-electron chi connectivity index (χ1n) is 23.4. The Balaban J connectivity index is 1.05. The van der Waals surface area contributed by atoms with Crippen molar-refractivity contribution in [2.45, 2.75) is 38.5 Å². The van der Waals surface area contributed by atoms with Gasteiger partial charge < -0.3 is 14.7 Å². The Morgan fingerprint density at radius 1 is 0.254 bits per heavy atom. The molecule has 0 fully saturated rings. The van der Waals surface area contributed by atoms with E-state index in [0.717, 1.165) is 51.2 Å². The number of nitrogens with zero attached hydrogens (tertiary/aromatic N) is 3. The van der Waals surface area contributed by atoms with E-state index in [1.807, 2.05) is 0 Å². The summed E-state index contributed by atoms with van der Waals surface area (Å²) in [6.07, 6.45) is 0. The van der Waals surface area contributed by atoms with Gasteiger partial charge in [0.15, 0.2) is 0 Å². The predicted octanol–water partition coefficient (Wildman–Crippen LogP) is 17.9. The maximum Gasteiger partial charge on any atom is 0.0543 e. The zero-order valence-electron chi connectivity index (χ0n) is 38.4. The molecular weight excluding hydrogens is 811 g/mol. The summed E-state index contributed by atoms with van der Waals surface area (Å²) in [5.41, 5.74) is 20.6. The van der Waals surface area contributed by atoms with Crippen LogP contribution in [0.15, 0.2) is 237 Å². The van der Waals surface area contributed by atoms with Crippen LogP contribution in [-0.4, -0.2) is 0 Å². The molecular formula is C64H51N3. The second kappa shape index (κ2) is 15.8. The van der Waals surface area contributed by atoms with Crippen molar-refractivity contribution in [3.05, 3.63) is 259 Å². The van der Waals surface area contributed by atoms with Crippen LogP contribution in [-0.2, 0) is 10.8 Å². The predicted molar refractivity (Wildman–Crippen MR) is 283 cm³/mol. The Bertz CT molecular complexity index is 3230. The summed E-state index contributed by atoms with van der Waals surface area (Å²) in [5, 5.41) is 2.48. The fourth-order valence-electron chi connectivity index (χ4n) is 11.1. The molecule has 0 aromatic heterocycles. The summed E-state index contributed by atoms with van der Waals surface area (Å²) in [6.45, 7) is 9.62. The molecule has 0 N–H and O–H groups in total.